The molecule has 0 aromatic carbocycles. The Morgan fingerprint density at radius 1 is 1.37 bits per heavy atom. The number of fused-ring (bicyclic) bond motifs is 1. The van der Waals surface area contributed by atoms with Gasteiger partial charge in [0.1, 0.15) is 5.60 Å². The van der Waals surface area contributed by atoms with Gasteiger partial charge in [0, 0.05) is 17.8 Å². The smallest absolute Gasteiger partial charge is 0.412 e. The first-order valence-electron chi connectivity index (χ1n) is 6.06. The first-order valence-corrected chi connectivity index (χ1v) is 6.06. The van der Waals surface area contributed by atoms with Crippen molar-refractivity contribution in [3.05, 3.63) is 30.2 Å². The van der Waals surface area contributed by atoms with Crippen molar-refractivity contribution < 1.29 is 9.53 Å². The molecule has 0 bridgehead atoms. The molecule has 0 aliphatic rings. The molecule has 1 N–H and O–H groups in total. The van der Waals surface area contributed by atoms with Gasteiger partial charge in [0.25, 0.3) is 0 Å². The summed E-state index contributed by atoms with van der Waals surface area (Å²) in [6.45, 7) is 7.30. The summed E-state index contributed by atoms with van der Waals surface area (Å²) in [6.07, 6.45) is 2.92. The molecular formula is C14H17N3O2. The van der Waals surface area contributed by atoms with Crippen LogP contribution >= 0.6 is 0 Å². The average Bonchev–Trinajstić information content (AvgIpc) is 2.27. The van der Waals surface area contributed by atoms with E-state index in [4.69, 9.17) is 4.74 Å². The molecule has 2 heterocycles. The third kappa shape index (κ3) is 3.40. The molecule has 0 aliphatic carbocycles. The topological polar surface area (TPSA) is 64.1 Å². The molecule has 5 heteroatoms. The van der Waals surface area contributed by atoms with Crippen LogP contribution in [0.4, 0.5) is 10.5 Å². The molecule has 100 valence electrons. The lowest BCUT2D eigenvalue weighted by Gasteiger charge is -2.20. The van der Waals surface area contributed by atoms with Gasteiger partial charge in [-0.1, -0.05) is 0 Å². The molecule has 2 aromatic heterocycles. The second-order valence-electron chi connectivity index (χ2n) is 5.32. The standard InChI is InChI=1S/C14H17N3O2/c1-9-12(17-13(18)19-14(2,3)4)7-10-8-15-6-5-11(10)16-9/h5-8H,1-4H3,(H,17,18). The van der Waals surface area contributed by atoms with Crippen molar-refractivity contribution in [1.29, 1.82) is 0 Å². The van der Waals surface area contributed by atoms with Crippen LogP contribution in [0.25, 0.3) is 10.9 Å². The van der Waals surface area contributed by atoms with E-state index in [1.54, 1.807) is 12.4 Å². The Morgan fingerprint density at radius 2 is 2.11 bits per heavy atom. The maximum absolute atomic E-state index is 11.7. The predicted octanol–water partition coefficient (Wildman–Crippen LogP) is 3.29. The zero-order chi connectivity index (χ0) is 14.0. The van der Waals surface area contributed by atoms with Crippen LogP contribution in [0, 0.1) is 6.92 Å². The minimum Gasteiger partial charge on any atom is -0.444 e. The number of aryl methyl sites for hydroxylation is 1. The Bertz CT molecular complexity index is 618. The first-order chi connectivity index (χ1) is 8.85. The largest absolute Gasteiger partial charge is 0.444 e. The van der Waals surface area contributed by atoms with E-state index >= 15 is 0 Å². The lowest BCUT2D eigenvalue weighted by Crippen LogP contribution is -2.27. The molecule has 0 spiro atoms. The van der Waals surface area contributed by atoms with E-state index in [0.717, 1.165) is 16.6 Å². The molecule has 1 amide bonds. The fourth-order valence-electron chi connectivity index (χ4n) is 1.65. The number of pyridine rings is 2. The van der Waals surface area contributed by atoms with Gasteiger partial charge in [-0.05, 0) is 39.8 Å². The van der Waals surface area contributed by atoms with Crippen LogP contribution in [0.3, 0.4) is 0 Å². The number of anilines is 1. The van der Waals surface area contributed by atoms with Gasteiger partial charge in [-0.25, -0.2) is 4.79 Å². The molecule has 0 saturated heterocycles. The minimum absolute atomic E-state index is 0.486. The van der Waals surface area contributed by atoms with Crippen LogP contribution < -0.4 is 5.32 Å². The Balaban J connectivity index is 2.25. The van der Waals surface area contributed by atoms with Crippen molar-refractivity contribution in [2.45, 2.75) is 33.3 Å². The number of ether oxygens (including phenoxy) is 1. The molecule has 0 fully saturated rings. The predicted molar refractivity (Wildman–Crippen MR) is 74.1 cm³/mol. The van der Waals surface area contributed by atoms with Crippen LogP contribution in [0.5, 0.6) is 0 Å². The Labute approximate surface area is 112 Å². The highest BCUT2D eigenvalue weighted by molar-refractivity contribution is 5.90. The van der Waals surface area contributed by atoms with Crippen molar-refractivity contribution in [2.24, 2.45) is 0 Å². The Morgan fingerprint density at radius 3 is 2.79 bits per heavy atom. The van der Waals surface area contributed by atoms with E-state index in [1.807, 2.05) is 39.8 Å². The summed E-state index contributed by atoms with van der Waals surface area (Å²) in [7, 11) is 0. The van der Waals surface area contributed by atoms with Crippen molar-refractivity contribution in [1.82, 2.24) is 9.97 Å². The zero-order valence-corrected chi connectivity index (χ0v) is 11.5. The molecule has 0 radical (unpaired) electrons. The molecule has 19 heavy (non-hydrogen) atoms. The van der Waals surface area contributed by atoms with Gasteiger partial charge >= 0.3 is 6.09 Å². The summed E-state index contributed by atoms with van der Waals surface area (Å²) in [4.78, 5) is 20.2. The highest BCUT2D eigenvalue weighted by Gasteiger charge is 2.17. The van der Waals surface area contributed by atoms with Crippen molar-refractivity contribution in [3.8, 4) is 0 Å². The molecule has 0 aliphatic heterocycles. The minimum atomic E-state index is -0.524. The molecule has 0 saturated carbocycles. The number of hydrogen-bond acceptors (Lipinski definition) is 4. The lowest BCUT2D eigenvalue weighted by atomic mass is 10.2. The number of hydrogen-bond donors (Lipinski definition) is 1. The molecule has 5 nitrogen and oxygen atoms in total. The summed E-state index contributed by atoms with van der Waals surface area (Å²) in [5.41, 5.74) is 1.70. The number of carbonyl (C=O) groups excluding carboxylic acids is 1. The fraction of sp³-hybridized carbons (Fsp3) is 0.357. The highest BCUT2D eigenvalue weighted by atomic mass is 16.6. The van der Waals surface area contributed by atoms with Crippen LogP contribution in [-0.4, -0.2) is 21.7 Å². The van der Waals surface area contributed by atoms with Crippen molar-refractivity contribution >= 4 is 22.7 Å². The zero-order valence-electron chi connectivity index (χ0n) is 11.5. The van der Waals surface area contributed by atoms with Crippen LogP contribution in [0.1, 0.15) is 26.5 Å². The third-order valence-electron chi connectivity index (χ3n) is 2.44. The van der Waals surface area contributed by atoms with Crippen molar-refractivity contribution in [2.75, 3.05) is 5.32 Å². The third-order valence-corrected chi connectivity index (χ3v) is 2.44. The monoisotopic (exact) mass is 259 g/mol. The maximum Gasteiger partial charge on any atom is 0.412 e. The van der Waals surface area contributed by atoms with E-state index < -0.39 is 11.7 Å². The van der Waals surface area contributed by atoms with Gasteiger partial charge in [-0.15, -0.1) is 0 Å². The number of amides is 1. The average molecular weight is 259 g/mol. The molecule has 0 atom stereocenters. The normalized spacial score (nSPS) is 11.4. The summed E-state index contributed by atoms with van der Waals surface area (Å²) in [5.74, 6) is 0. The quantitative estimate of drug-likeness (QED) is 0.853. The number of aromatic nitrogens is 2. The van der Waals surface area contributed by atoms with E-state index in [1.165, 1.54) is 0 Å². The van der Waals surface area contributed by atoms with Gasteiger partial charge in [0.05, 0.1) is 16.9 Å². The fourth-order valence-corrected chi connectivity index (χ4v) is 1.65. The van der Waals surface area contributed by atoms with Crippen LogP contribution in [0.15, 0.2) is 24.5 Å². The second-order valence-corrected chi connectivity index (χ2v) is 5.32. The summed E-state index contributed by atoms with van der Waals surface area (Å²) in [5, 5.41) is 3.58. The number of carbonyl (C=O) groups is 1. The molecular weight excluding hydrogens is 242 g/mol. The lowest BCUT2D eigenvalue weighted by molar-refractivity contribution is 0.0636. The van der Waals surface area contributed by atoms with E-state index in [9.17, 15) is 4.79 Å². The Hall–Kier alpha value is -2.17. The first kappa shape index (κ1) is 13.3. The summed E-state index contributed by atoms with van der Waals surface area (Å²) in [6, 6.07) is 3.67. The van der Waals surface area contributed by atoms with Gasteiger partial charge in [-0.2, -0.15) is 0 Å². The summed E-state index contributed by atoms with van der Waals surface area (Å²) < 4.78 is 5.22. The number of rotatable bonds is 1. The van der Waals surface area contributed by atoms with Gasteiger partial charge in [0.2, 0.25) is 0 Å². The van der Waals surface area contributed by atoms with Gasteiger partial charge in [-0.3, -0.25) is 15.3 Å². The number of nitrogens with one attached hydrogen (secondary N) is 1. The highest BCUT2D eigenvalue weighted by Crippen LogP contribution is 2.20. The molecule has 2 rings (SSSR count). The van der Waals surface area contributed by atoms with Crippen molar-refractivity contribution in [3.63, 3.8) is 0 Å². The second kappa shape index (κ2) is 4.84. The Kier molecular flexibility index (Phi) is 3.38. The van der Waals surface area contributed by atoms with Crippen LogP contribution in [-0.2, 0) is 4.74 Å². The number of nitrogens with zero attached hydrogens (tertiary/aromatic N) is 2. The van der Waals surface area contributed by atoms with E-state index in [2.05, 4.69) is 15.3 Å². The van der Waals surface area contributed by atoms with Gasteiger partial charge < -0.3 is 4.74 Å². The molecule has 2 aromatic rings. The van der Waals surface area contributed by atoms with Crippen LogP contribution in [0.2, 0.25) is 0 Å². The van der Waals surface area contributed by atoms with Gasteiger partial charge in [0.15, 0.2) is 0 Å². The molecule has 0 unspecified atom stereocenters. The summed E-state index contributed by atoms with van der Waals surface area (Å²) >= 11 is 0. The maximum atomic E-state index is 11.7. The van der Waals surface area contributed by atoms with E-state index in [0.29, 0.717) is 5.69 Å². The SMILES string of the molecule is Cc1nc2ccncc2cc1NC(=O)OC(C)(C)C. The van der Waals surface area contributed by atoms with E-state index in [-0.39, 0.29) is 0 Å².